The zero-order chi connectivity index (χ0) is 11.8. The Morgan fingerprint density at radius 1 is 1.39 bits per heavy atom. The lowest BCUT2D eigenvalue weighted by Gasteiger charge is -2.23. The number of aromatic amines is 1. The van der Waals surface area contributed by atoms with E-state index in [1.54, 1.807) is 6.92 Å². The third-order valence-corrected chi connectivity index (χ3v) is 3.45. The highest BCUT2D eigenvalue weighted by molar-refractivity contribution is 5.86. The lowest BCUT2D eigenvalue weighted by Crippen LogP contribution is -2.30. The summed E-state index contributed by atoms with van der Waals surface area (Å²) in [6.45, 7) is 2.60. The van der Waals surface area contributed by atoms with E-state index in [9.17, 15) is 4.79 Å². The monoisotopic (exact) mass is 264 g/mol. The number of carbonyl (C=O) groups is 1. The molecule has 1 atom stereocenters. The molecule has 3 rings (SSSR count). The van der Waals surface area contributed by atoms with Gasteiger partial charge in [-0.3, -0.25) is 4.79 Å². The van der Waals surface area contributed by atoms with Gasteiger partial charge in [-0.15, -0.1) is 12.4 Å². The number of ketones is 1. The Morgan fingerprint density at radius 2 is 2.17 bits per heavy atom. The van der Waals surface area contributed by atoms with Crippen molar-refractivity contribution in [2.75, 3.05) is 6.54 Å². The minimum atomic E-state index is 0. The van der Waals surface area contributed by atoms with Crippen LogP contribution in [0.3, 0.4) is 0 Å². The number of hydrogen-bond donors (Lipinski definition) is 2. The molecule has 0 radical (unpaired) electrons. The Labute approximate surface area is 112 Å². The van der Waals surface area contributed by atoms with Gasteiger partial charge in [-0.05, 0) is 31.5 Å². The first-order chi connectivity index (χ1) is 8.25. The minimum absolute atomic E-state index is 0. The van der Waals surface area contributed by atoms with Crippen LogP contribution in [0.4, 0.5) is 0 Å². The van der Waals surface area contributed by atoms with Gasteiger partial charge in [0.2, 0.25) is 0 Å². The topological polar surface area (TPSA) is 44.9 Å². The molecule has 2 aromatic rings. The summed E-state index contributed by atoms with van der Waals surface area (Å²) in [5.41, 5.74) is 3.76. The van der Waals surface area contributed by atoms with Crippen LogP contribution in [-0.4, -0.2) is 17.3 Å². The van der Waals surface area contributed by atoms with Gasteiger partial charge in [0.15, 0.2) is 0 Å². The first-order valence-corrected chi connectivity index (χ1v) is 6.08. The summed E-state index contributed by atoms with van der Waals surface area (Å²) in [6, 6.07) is 8.51. The van der Waals surface area contributed by atoms with Gasteiger partial charge in [-0.1, -0.05) is 18.2 Å². The van der Waals surface area contributed by atoms with Crippen LogP contribution in [0.1, 0.15) is 30.6 Å². The lowest BCUT2D eigenvalue weighted by atomic mass is 9.96. The van der Waals surface area contributed by atoms with Gasteiger partial charge >= 0.3 is 0 Å². The molecule has 4 heteroatoms. The van der Waals surface area contributed by atoms with Crippen LogP contribution in [0.2, 0.25) is 0 Å². The third-order valence-electron chi connectivity index (χ3n) is 3.45. The van der Waals surface area contributed by atoms with Crippen molar-refractivity contribution < 1.29 is 4.79 Å². The van der Waals surface area contributed by atoms with Crippen LogP contribution >= 0.6 is 12.4 Å². The van der Waals surface area contributed by atoms with Crippen LogP contribution in [0.5, 0.6) is 0 Å². The summed E-state index contributed by atoms with van der Waals surface area (Å²) in [6.07, 6.45) is 1.60. The average Bonchev–Trinajstić information content (AvgIpc) is 2.68. The van der Waals surface area contributed by atoms with Gasteiger partial charge in [0.1, 0.15) is 5.78 Å². The van der Waals surface area contributed by atoms with E-state index < -0.39 is 0 Å². The van der Waals surface area contributed by atoms with E-state index in [0.717, 1.165) is 13.0 Å². The first kappa shape index (κ1) is 13.1. The molecule has 0 spiro atoms. The van der Waals surface area contributed by atoms with Crippen LogP contribution in [0, 0.1) is 0 Å². The van der Waals surface area contributed by atoms with E-state index in [0.29, 0.717) is 6.42 Å². The van der Waals surface area contributed by atoms with Gasteiger partial charge in [0.25, 0.3) is 0 Å². The molecule has 1 aliphatic rings. The van der Waals surface area contributed by atoms with Crippen molar-refractivity contribution in [2.45, 2.75) is 25.8 Å². The molecule has 0 aliphatic carbocycles. The molecule has 1 aliphatic heterocycles. The fraction of sp³-hybridized carbons (Fsp3) is 0.357. The summed E-state index contributed by atoms with van der Waals surface area (Å²) >= 11 is 0. The van der Waals surface area contributed by atoms with E-state index in [-0.39, 0.29) is 24.2 Å². The number of hydrogen-bond acceptors (Lipinski definition) is 2. The highest BCUT2D eigenvalue weighted by Crippen LogP contribution is 2.31. The zero-order valence-electron chi connectivity index (χ0n) is 10.3. The van der Waals surface area contributed by atoms with E-state index in [4.69, 9.17) is 0 Å². The first-order valence-electron chi connectivity index (χ1n) is 6.08. The largest absolute Gasteiger partial charge is 0.357 e. The molecule has 1 unspecified atom stereocenters. The third kappa shape index (κ3) is 2.16. The molecule has 0 fully saturated rings. The van der Waals surface area contributed by atoms with Crippen molar-refractivity contribution in [3.05, 3.63) is 35.5 Å². The summed E-state index contributed by atoms with van der Waals surface area (Å²) in [5.74, 6) is 0.231. The Morgan fingerprint density at radius 3 is 2.94 bits per heavy atom. The van der Waals surface area contributed by atoms with Crippen molar-refractivity contribution in [3.63, 3.8) is 0 Å². The van der Waals surface area contributed by atoms with Crippen LogP contribution in [0.15, 0.2) is 24.3 Å². The second-order valence-corrected chi connectivity index (χ2v) is 4.73. The number of H-pyrrole nitrogens is 1. The molecule has 1 aromatic heterocycles. The number of nitrogens with one attached hydrogen (secondary N) is 2. The van der Waals surface area contributed by atoms with E-state index in [1.165, 1.54) is 22.2 Å². The SMILES string of the molecule is CC(=O)CC1NCCc2c1[nH]c1ccccc21.Cl. The number of benzene rings is 1. The van der Waals surface area contributed by atoms with Gasteiger partial charge in [-0.25, -0.2) is 0 Å². The Bertz CT molecular complexity index is 576. The fourth-order valence-electron chi connectivity index (χ4n) is 2.72. The molecule has 2 heterocycles. The second kappa shape index (κ2) is 5.12. The molecule has 18 heavy (non-hydrogen) atoms. The summed E-state index contributed by atoms with van der Waals surface area (Å²) in [7, 11) is 0. The van der Waals surface area contributed by atoms with Gasteiger partial charge in [0.05, 0.1) is 6.04 Å². The van der Waals surface area contributed by atoms with Gasteiger partial charge in [0, 0.05) is 23.0 Å². The number of para-hydroxylation sites is 1. The van der Waals surface area contributed by atoms with Crippen molar-refractivity contribution in [1.82, 2.24) is 10.3 Å². The van der Waals surface area contributed by atoms with Crippen LogP contribution in [-0.2, 0) is 11.2 Å². The van der Waals surface area contributed by atoms with Gasteiger partial charge < -0.3 is 10.3 Å². The lowest BCUT2D eigenvalue weighted by molar-refractivity contribution is -0.117. The highest BCUT2D eigenvalue weighted by Gasteiger charge is 2.24. The Hall–Kier alpha value is -1.32. The number of aromatic nitrogens is 1. The summed E-state index contributed by atoms with van der Waals surface area (Å²) in [5, 5.41) is 4.72. The quantitative estimate of drug-likeness (QED) is 0.876. The number of Topliss-reactive ketones (excluding diaryl/α,β-unsaturated/α-hetero) is 1. The van der Waals surface area contributed by atoms with Gasteiger partial charge in [-0.2, -0.15) is 0 Å². The average molecular weight is 265 g/mol. The Balaban J connectivity index is 0.00000120. The summed E-state index contributed by atoms with van der Waals surface area (Å²) in [4.78, 5) is 14.7. The highest BCUT2D eigenvalue weighted by atomic mass is 35.5. The Kier molecular flexibility index (Phi) is 3.73. The molecule has 96 valence electrons. The molecule has 0 bridgehead atoms. The van der Waals surface area contributed by atoms with Crippen LogP contribution in [0.25, 0.3) is 10.9 Å². The zero-order valence-corrected chi connectivity index (χ0v) is 11.1. The van der Waals surface area contributed by atoms with Crippen molar-refractivity contribution in [1.29, 1.82) is 0 Å². The molecule has 0 saturated carbocycles. The standard InChI is InChI=1S/C14H16N2O.ClH/c1-9(17)8-13-14-11(6-7-15-13)10-4-2-3-5-12(10)16-14;/h2-5,13,15-16H,6-8H2,1H3;1H. The van der Waals surface area contributed by atoms with E-state index in [2.05, 4.69) is 28.5 Å². The predicted molar refractivity (Wildman–Crippen MR) is 75.3 cm³/mol. The van der Waals surface area contributed by atoms with Crippen molar-refractivity contribution in [2.24, 2.45) is 0 Å². The number of rotatable bonds is 2. The maximum atomic E-state index is 11.3. The van der Waals surface area contributed by atoms with E-state index in [1.807, 2.05) is 6.07 Å². The fourth-order valence-corrected chi connectivity index (χ4v) is 2.72. The molecule has 0 amide bonds. The number of halogens is 1. The number of carbonyl (C=O) groups excluding carboxylic acids is 1. The molecule has 3 nitrogen and oxygen atoms in total. The molecule has 2 N–H and O–H groups in total. The smallest absolute Gasteiger partial charge is 0.131 e. The minimum Gasteiger partial charge on any atom is -0.357 e. The van der Waals surface area contributed by atoms with Crippen molar-refractivity contribution >= 4 is 29.1 Å². The van der Waals surface area contributed by atoms with Crippen molar-refractivity contribution in [3.8, 4) is 0 Å². The summed E-state index contributed by atoms with van der Waals surface area (Å²) < 4.78 is 0. The van der Waals surface area contributed by atoms with Crippen LogP contribution < -0.4 is 5.32 Å². The molecule has 0 saturated heterocycles. The maximum Gasteiger partial charge on any atom is 0.131 e. The normalized spacial score (nSPS) is 18.2. The molecule has 1 aromatic carbocycles. The molecular formula is C14H17ClN2O. The second-order valence-electron chi connectivity index (χ2n) is 4.73. The number of fused-ring (bicyclic) bond motifs is 3. The van der Waals surface area contributed by atoms with E-state index >= 15 is 0 Å². The maximum absolute atomic E-state index is 11.3. The molecular weight excluding hydrogens is 248 g/mol. The predicted octanol–water partition coefficient (Wildman–Crippen LogP) is 2.76.